The molecule has 0 aromatic heterocycles. The van der Waals surface area contributed by atoms with Crippen molar-refractivity contribution < 1.29 is 26.3 Å². The first-order valence-corrected chi connectivity index (χ1v) is 14.7. The van der Waals surface area contributed by atoms with Gasteiger partial charge in [-0.2, -0.15) is 57.9 Å². The predicted octanol–water partition coefficient (Wildman–Crippen LogP) is 7.77. The van der Waals surface area contributed by atoms with Gasteiger partial charge in [0.2, 0.25) is 0 Å². The molecule has 0 aliphatic heterocycles. The van der Waals surface area contributed by atoms with Crippen molar-refractivity contribution in [3.63, 3.8) is 0 Å². The molecule has 0 spiro atoms. The van der Waals surface area contributed by atoms with E-state index in [0.717, 1.165) is 48.5 Å². The Morgan fingerprint density at radius 1 is 0.365 bits per heavy atom. The first kappa shape index (κ1) is 35.7. The lowest BCUT2D eigenvalue weighted by molar-refractivity contribution is -0.0704. The fourth-order valence-electron chi connectivity index (χ4n) is 5.69. The summed E-state index contributed by atoms with van der Waals surface area (Å²) < 4.78 is 92.2. The Kier molecular flexibility index (Phi) is 9.65. The highest BCUT2D eigenvalue weighted by Crippen LogP contribution is 2.37. The summed E-state index contributed by atoms with van der Waals surface area (Å²) in [5, 5.41) is 55.7. The summed E-state index contributed by atoms with van der Waals surface area (Å²) >= 11 is 0. The van der Waals surface area contributed by atoms with Crippen LogP contribution in [0.25, 0.3) is 33.4 Å². The van der Waals surface area contributed by atoms with Crippen molar-refractivity contribution in [3.05, 3.63) is 152 Å². The first-order valence-electron chi connectivity index (χ1n) is 14.7. The van der Waals surface area contributed by atoms with Crippen molar-refractivity contribution in [3.8, 4) is 58.7 Å². The van der Waals surface area contributed by atoms with E-state index in [4.69, 9.17) is 0 Å². The maximum atomic E-state index is 15.4. The van der Waals surface area contributed by atoms with Crippen LogP contribution in [-0.2, 0) is 0 Å². The molecule has 5 rings (SSSR count). The van der Waals surface area contributed by atoms with Gasteiger partial charge in [0.1, 0.15) is 0 Å². The average molecular weight is 695 g/mol. The maximum absolute atomic E-state index is 15.4. The minimum atomic E-state index is -5.22. The quantitative estimate of drug-likeness (QED) is 0.176. The number of benzene rings is 5. The molecule has 0 aliphatic rings. The van der Waals surface area contributed by atoms with Gasteiger partial charge in [-0.15, -0.1) is 0 Å². The number of nitrogens with zero attached hydrogens (tertiary/aromatic N) is 6. The minimum absolute atomic E-state index is 0.0228. The highest BCUT2D eigenvalue weighted by Gasteiger charge is 2.39. The summed E-state index contributed by atoms with van der Waals surface area (Å²) in [6.07, 6.45) is -10.4. The summed E-state index contributed by atoms with van der Waals surface area (Å²) in [7, 11) is 0. The van der Waals surface area contributed by atoms with Gasteiger partial charge in [0.25, 0.3) is 0 Å². The molecule has 0 heterocycles. The van der Waals surface area contributed by atoms with Crippen LogP contribution in [0.3, 0.4) is 0 Å². The predicted molar refractivity (Wildman–Crippen MR) is 175 cm³/mol. The third-order valence-electron chi connectivity index (χ3n) is 7.87. The molecule has 0 saturated heterocycles. The third-order valence-corrected chi connectivity index (χ3v) is 7.87. The summed E-state index contributed by atoms with van der Waals surface area (Å²) in [5.74, 6) is 0. The fraction of sp³-hybridized carbons (Fsp3) is 0.0500. The Morgan fingerprint density at radius 3 is 0.865 bits per heavy atom. The van der Waals surface area contributed by atoms with Gasteiger partial charge in [-0.3, -0.25) is 0 Å². The van der Waals surface area contributed by atoms with Crippen molar-refractivity contribution in [1.82, 2.24) is 0 Å². The number of hydrogen-bond acceptors (Lipinski definition) is 6. The van der Waals surface area contributed by atoms with Crippen LogP contribution in [0.2, 0.25) is 0 Å². The number of alkyl halides is 6. The minimum Gasteiger partial charge on any atom is -0.192 e. The van der Waals surface area contributed by atoms with E-state index < -0.39 is 45.1 Å². The Balaban J connectivity index is 2.17. The van der Waals surface area contributed by atoms with Crippen molar-refractivity contribution >= 4 is 11.1 Å². The van der Waals surface area contributed by atoms with Crippen LogP contribution in [0.5, 0.6) is 0 Å². The van der Waals surface area contributed by atoms with Crippen LogP contribution in [0, 0.1) is 68.0 Å². The molecule has 0 fully saturated rings. The first-order chi connectivity index (χ1) is 24.7. The van der Waals surface area contributed by atoms with Crippen molar-refractivity contribution in [2.24, 2.45) is 0 Å². The van der Waals surface area contributed by atoms with E-state index >= 15 is 26.3 Å². The van der Waals surface area contributed by atoms with Gasteiger partial charge >= 0.3 is 12.4 Å². The van der Waals surface area contributed by atoms with E-state index in [9.17, 15) is 31.6 Å². The highest BCUT2D eigenvalue weighted by atomic mass is 19.4. The molecule has 0 unspecified atom stereocenters. The van der Waals surface area contributed by atoms with E-state index in [-0.39, 0.29) is 55.6 Å². The van der Waals surface area contributed by atoms with Gasteiger partial charge < -0.3 is 0 Å². The normalized spacial score (nSPS) is 12.2. The fourth-order valence-corrected chi connectivity index (χ4v) is 5.69. The van der Waals surface area contributed by atoms with Gasteiger partial charge in [0.15, 0.2) is 0 Å². The lowest BCUT2D eigenvalue weighted by atomic mass is 9.87. The van der Waals surface area contributed by atoms with Crippen LogP contribution in [0.1, 0.15) is 44.5 Å². The second kappa shape index (κ2) is 14.1. The Morgan fingerprint density at radius 2 is 0.635 bits per heavy atom. The van der Waals surface area contributed by atoms with Gasteiger partial charge in [-0.1, -0.05) is 24.3 Å². The number of hydrogen-bond donors (Lipinski definition) is 0. The number of nitriles is 6. The van der Waals surface area contributed by atoms with Crippen LogP contribution >= 0.6 is 0 Å². The lowest BCUT2D eigenvalue weighted by Gasteiger charge is -2.19. The van der Waals surface area contributed by atoms with E-state index in [0.29, 0.717) is 0 Å². The molecule has 5 aromatic rings. The SMILES string of the molecule is N#Cc1ccc(-c2c/c(=C(\c3cc(C#N)cc(C#N)c3)C(F)(F)F)c(-c3ccc(C#N)cc3)c/c2=C(\c2cc(C#N)cc(C#N)c2)C(F)(F)F)cc1. The molecule has 0 radical (unpaired) electrons. The van der Waals surface area contributed by atoms with Crippen LogP contribution in [0.15, 0.2) is 97.1 Å². The largest absolute Gasteiger partial charge is 0.417 e. The molecule has 0 amide bonds. The zero-order chi connectivity index (χ0) is 37.8. The maximum Gasteiger partial charge on any atom is 0.417 e. The van der Waals surface area contributed by atoms with E-state index in [1.807, 2.05) is 12.1 Å². The molecule has 0 atom stereocenters. The average Bonchev–Trinajstić information content (AvgIpc) is 3.13. The van der Waals surface area contributed by atoms with Gasteiger partial charge in [-0.25, -0.2) is 0 Å². The molecule has 12 heteroatoms. The van der Waals surface area contributed by atoms with Crippen molar-refractivity contribution in [1.29, 1.82) is 31.6 Å². The van der Waals surface area contributed by atoms with Crippen LogP contribution < -0.4 is 10.4 Å². The van der Waals surface area contributed by atoms with Crippen LogP contribution in [-0.4, -0.2) is 12.4 Å². The molecule has 248 valence electrons. The molecule has 52 heavy (non-hydrogen) atoms. The third kappa shape index (κ3) is 7.19. The molecule has 6 nitrogen and oxygen atoms in total. The molecular formula is C40H16F6N6. The molecule has 0 N–H and O–H groups in total. The second-order valence-corrected chi connectivity index (χ2v) is 11.1. The Hall–Kier alpha value is -7.64. The van der Waals surface area contributed by atoms with E-state index in [1.165, 1.54) is 48.5 Å². The summed E-state index contributed by atoms with van der Waals surface area (Å²) in [4.78, 5) is 0. The van der Waals surface area contributed by atoms with Crippen LogP contribution in [0.4, 0.5) is 26.3 Å². The molecular weight excluding hydrogens is 678 g/mol. The number of rotatable bonds is 4. The summed E-state index contributed by atoms with van der Waals surface area (Å²) in [6, 6.07) is 28.4. The van der Waals surface area contributed by atoms with Gasteiger partial charge in [0.05, 0.1) is 80.9 Å². The molecule has 0 saturated carbocycles. The van der Waals surface area contributed by atoms with Crippen molar-refractivity contribution in [2.45, 2.75) is 12.4 Å². The second-order valence-electron chi connectivity index (χ2n) is 11.1. The standard InChI is InChI=1S/C40H16F6N6/c41-39(42,43)37(31-11-25(19-49)9-26(12-31)20-50)35-16-34(30-7-3-24(18-48)4-8-30)36(15-33(35)29-5-1-23(17-47)2-6-29)38(40(44,45)46)32-13-27(21-51)10-28(14-32)22-52/h1-16H/b37-35-,38-36-. The summed E-state index contributed by atoms with van der Waals surface area (Å²) in [5.41, 5.74) is -5.67. The Bertz CT molecular complexity index is 2400. The topological polar surface area (TPSA) is 143 Å². The smallest absolute Gasteiger partial charge is 0.192 e. The van der Waals surface area contributed by atoms with Gasteiger partial charge in [-0.05, 0) is 117 Å². The zero-order valence-corrected chi connectivity index (χ0v) is 26.2. The zero-order valence-electron chi connectivity index (χ0n) is 26.2. The highest BCUT2D eigenvalue weighted by molar-refractivity contribution is 5.84. The van der Waals surface area contributed by atoms with E-state index in [1.54, 1.807) is 24.3 Å². The van der Waals surface area contributed by atoms with Gasteiger partial charge in [0, 0.05) is 0 Å². The lowest BCUT2D eigenvalue weighted by Crippen LogP contribution is -2.29. The van der Waals surface area contributed by atoms with E-state index in [2.05, 4.69) is 0 Å². The molecule has 5 aromatic carbocycles. The molecule has 0 aliphatic carbocycles. The number of halogens is 6. The molecule has 0 bridgehead atoms. The monoisotopic (exact) mass is 694 g/mol. The Labute approximate surface area is 291 Å². The summed E-state index contributed by atoms with van der Waals surface area (Å²) in [6.45, 7) is 0. The van der Waals surface area contributed by atoms with Crippen molar-refractivity contribution in [2.75, 3.05) is 0 Å².